The van der Waals surface area contributed by atoms with Crippen LogP contribution in [-0.4, -0.2) is 52.0 Å². The molecule has 1 aliphatic rings. The van der Waals surface area contributed by atoms with E-state index in [4.69, 9.17) is 21.1 Å². The minimum absolute atomic E-state index is 0.0626. The molecule has 1 saturated heterocycles. The van der Waals surface area contributed by atoms with Gasteiger partial charge in [0.25, 0.3) is 0 Å². The number of hydrogen-bond acceptors (Lipinski definition) is 7. The third-order valence-electron chi connectivity index (χ3n) is 3.02. The Labute approximate surface area is 122 Å². The fraction of sp³-hybridized carbons (Fsp3) is 0.750. The summed E-state index contributed by atoms with van der Waals surface area (Å²) in [6.45, 7) is 3.95. The number of anilines is 1. The van der Waals surface area contributed by atoms with E-state index in [-0.39, 0.29) is 11.3 Å². The van der Waals surface area contributed by atoms with Crippen LogP contribution in [0, 0.1) is 0 Å². The van der Waals surface area contributed by atoms with Gasteiger partial charge in [-0.05, 0) is 18.0 Å². The van der Waals surface area contributed by atoms with Crippen molar-refractivity contribution < 1.29 is 14.6 Å². The van der Waals surface area contributed by atoms with Gasteiger partial charge in [-0.1, -0.05) is 6.92 Å². The molecule has 112 valence electrons. The third-order valence-corrected chi connectivity index (χ3v) is 3.19. The van der Waals surface area contributed by atoms with Crippen molar-refractivity contribution in [3.8, 4) is 6.01 Å². The summed E-state index contributed by atoms with van der Waals surface area (Å²) in [5.41, 5.74) is -0.804. The van der Waals surface area contributed by atoms with Crippen molar-refractivity contribution in [2.75, 3.05) is 31.7 Å². The minimum Gasteiger partial charge on any atom is -0.463 e. The molecule has 0 aromatic carbocycles. The van der Waals surface area contributed by atoms with E-state index >= 15 is 0 Å². The van der Waals surface area contributed by atoms with Crippen LogP contribution in [0.4, 0.5) is 5.95 Å². The zero-order valence-corrected chi connectivity index (χ0v) is 12.2. The smallest absolute Gasteiger partial charge is 0.322 e. The van der Waals surface area contributed by atoms with Crippen LogP contribution in [0.25, 0.3) is 0 Å². The van der Waals surface area contributed by atoms with Gasteiger partial charge in [-0.15, -0.1) is 0 Å². The molecule has 1 aliphatic heterocycles. The monoisotopic (exact) mass is 302 g/mol. The molecular weight excluding hydrogens is 284 g/mol. The van der Waals surface area contributed by atoms with Crippen LogP contribution in [0.5, 0.6) is 6.01 Å². The maximum atomic E-state index is 10.3. The second-order valence-electron chi connectivity index (χ2n) is 4.75. The van der Waals surface area contributed by atoms with Gasteiger partial charge in [-0.25, -0.2) is 0 Å². The Morgan fingerprint density at radius 2 is 2.10 bits per heavy atom. The molecule has 1 fully saturated rings. The molecule has 0 atom stereocenters. The normalized spacial score (nSPS) is 17.8. The molecule has 2 rings (SSSR count). The Kier molecular flexibility index (Phi) is 5.33. The summed E-state index contributed by atoms with van der Waals surface area (Å²) in [5, 5.41) is 13.4. The van der Waals surface area contributed by atoms with Crippen LogP contribution in [-0.2, 0) is 4.74 Å². The Hall–Kier alpha value is -1.18. The molecule has 7 nitrogen and oxygen atoms in total. The molecule has 2 heterocycles. The van der Waals surface area contributed by atoms with Crippen molar-refractivity contribution in [2.45, 2.75) is 31.8 Å². The van der Waals surface area contributed by atoms with E-state index in [0.29, 0.717) is 45.2 Å². The molecule has 0 amide bonds. The summed E-state index contributed by atoms with van der Waals surface area (Å²) < 4.78 is 10.6. The van der Waals surface area contributed by atoms with Crippen LogP contribution in [0.2, 0.25) is 5.28 Å². The predicted molar refractivity (Wildman–Crippen MR) is 74.1 cm³/mol. The molecule has 20 heavy (non-hydrogen) atoms. The lowest BCUT2D eigenvalue weighted by Crippen LogP contribution is -2.42. The number of hydrogen-bond donors (Lipinski definition) is 2. The molecule has 0 saturated carbocycles. The standard InChI is InChI=1S/C12H19ClN4O3/c1-2-5-20-11-16-9(13)15-10(17-11)14-8-12(18)3-6-19-7-4-12/h18H,2-8H2,1H3,(H,14,15,16,17). The summed E-state index contributed by atoms with van der Waals surface area (Å²) >= 11 is 5.82. The SMILES string of the molecule is CCCOc1nc(Cl)nc(NCC2(O)CCOCC2)n1. The van der Waals surface area contributed by atoms with Crippen molar-refractivity contribution in [2.24, 2.45) is 0 Å². The van der Waals surface area contributed by atoms with Crippen molar-refractivity contribution in [1.29, 1.82) is 0 Å². The maximum Gasteiger partial charge on any atom is 0.322 e. The van der Waals surface area contributed by atoms with Gasteiger partial charge >= 0.3 is 6.01 Å². The van der Waals surface area contributed by atoms with E-state index in [0.717, 1.165) is 6.42 Å². The Morgan fingerprint density at radius 1 is 1.35 bits per heavy atom. The van der Waals surface area contributed by atoms with E-state index in [1.165, 1.54) is 0 Å². The number of nitrogens with zero attached hydrogens (tertiary/aromatic N) is 3. The van der Waals surface area contributed by atoms with Gasteiger partial charge in [0, 0.05) is 32.6 Å². The number of ether oxygens (including phenoxy) is 2. The lowest BCUT2D eigenvalue weighted by molar-refractivity contribution is -0.0544. The number of halogens is 1. The van der Waals surface area contributed by atoms with E-state index in [2.05, 4.69) is 20.3 Å². The topological polar surface area (TPSA) is 89.4 Å². The lowest BCUT2D eigenvalue weighted by Gasteiger charge is -2.32. The maximum absolute atomic E-state index is 10.3. The van der Waals surface area contributed by atoms with E-state index < -0.39 is 5.60 Å². The van der Waals surface area contributed by atoms with Crippen molar-refractivity contribution in [3.63, 3.8) is 0 Å². The highest BCUT2D eigenvalue weighted by Gasteiger charge is 2.29. The quantitative estimate of drug-likeness (QED) is 0.818. The highest BCUT2D eigenvalue weighted by molar-refractivity contribution is 6.28. The van der Waals surface area contributed by atoms with Crippen molar-refractivity contribution >= 4 is 17.5 Å². The summed E-state index contributed by atoms with van der Waals surface area (Å²) in [7, 11) is 0. The second-order valence-corrected chi connectivity index (χ2v) is 5.09. The molecule has 0 bridgehead atoms. The summed E-state index contributed by atoms with van der Waals surface area (Å²) in [5.74, 6) is 0.302. The molecular formula is C12H19ClN4O3. The Balaban J connectivity index is 1.96. The summed E-state index contributed by atoms with van der Waals surface area (Å²) in [4.78, 5) is 12.0. The highest BCUT2D eigenvalue weighted by atomic mass is 35.5. The molecule has 0 spiro atoms. The first-order valence-electron chi connectivity index (χ1n) is 6.70. The van der Waals surface area contributed by atoms with Gasteiger partial charge in [0.15, 0.2) is 0 Å². The van der Waals surface area contributed by atoms with Gasteiger partial charge in [0.05, 0.1) is 12.2 Å². The van der Waals surface area contributed by atoms with E-state index in [9.17, 15) is 5.11 Å². The fourth-order valence-corrected chi connectivity index (χ4v) is 1.99. The molecule has 0 unspecified atom stereocenters. The average Bonchev–Trinajstić information content (AvgIpc) is 2.43. The van der Waals surface area contributed by atoms with Gasteiger partial charge in [-0.3, -0.25) is 0 Å². The lowest BCUT2D eigenvalue weighted by atomic mass is 9.94. The fourth-order valence-electron chi connectivity index (χ4n) is 1.84. The zero-order valence-electron chi connectivity index (χ0n) is 11.4. The number of aromatic nitrogens is 3. The third kappa shape index (κ3) is 4.43. The molecule has 0 aliphatic carbocycles. The first-order chi connectivity index (χ1) is 9.61. The van der Waals surface area contributed by atoms with Crippen LogP contribution >= 0.6 is 11.6 Å². The minimum atomic E-state index is -0.804. The number of nitrogens with one attached hydrogen (secondary N) is 1. The summed E-state index contributed by atoms with van der Waals surface area (Å²) in [6, 6.07) is 0.188. The van der Waals surface area contributed by atoms with Crippen LogP contribution < -0.4 is 10.1 Å². The van der Waals surface area contributed by atoms with Crippen molar-refractivity contribution in [3.05, 3.63) is 5.28 Å². The Morgan fingerprint density at radius 3 is 2.80 bits per heavy atom. The molecule has 2 N–H and O–H groups in total. The van der Waals surface area contributed by atoms with E-state index in [1.54, 1.807) is 0 Å². The van der Waals surface area contributed by atoms with Gasteiger partial charge < -0.3 is 19.9 Å². The van der Waals surface area contributed by atoms with Gasteiger partial charge in [0.1, 0.15) is 0 Å². The molecule has 8 heteroatoms. The second kappa shape index (κ2) is 7.01. The highest BCUT2D eigenvalue weighted by Crippen LogP contribution is 2.21. The average molecular weight is 303 g/mol. The molecule has 1 aromatic heterocycles. The first-order valence-corrected chi connectivity index (χ1v) is 7.07. The Bertz CT molecular complexity index is 441. The van der Waals surface area contributed by atoms with E-state index in [1.807, 2.05) is 6.92 Å². The molecule has 1 aromatic rings. The van der Waals surface area contributed by atoms with Crippen LogP contribution in [0.3, 0.4) is 0 Å². The predicted octanol–water partition coefficient (Wildman–Crippen LogP) is 1.27. The number of aliphatic hydroxyl groups is 1. The van der Waals surface area contributed by atoms with Gasteiger partial charge in [-0.2, -0.15) is 15.0 Å². The van der Waals surface area contributed by atoms with Crippen LogP contribution in [0.1, 0.15) is 26.2 Å². The number of rotatable bonds is 6. The van der Waals surface area contributed by atoms with Gasteiger partial charge in [0.2, 0.25) is 11.2 Å². The largest absolute Gasteiger partial charge is 0.463 e. The molecule has 0 radical (unpaired) electrons. The first kappa shape index (κ1) is 15.2. The van der Waals surface area contributed by atoms with Crippen molar-refractivity contribution in [1.82, 2.24) is 15.0 Å². The summed E-state index contributed by atoms with van der Waals surface area (Å²) in [6.07, 6.45) is 2.02. The zero-order chi connectivity index (χ0) is 14.4. The van der Waals surface area contributed by atoms with Crippen LogP contribution in [0.15, 0.2) is 0 Å².